The average Bonchev–Trinajstić information content (AvgIpc) is 2.17. The Morgan fingerprint density at radius 1 is 1.38 bits per heavy atom. The topological polar surface area (TPSA) is 49.3 Å². The van der Waals surface area contributed by atoms with Gasteiger partial charge in [0.05, 0.1) is 5.56 Å². The van der Waals surface area contributed by atoms with E-state index in [9.17, 15) is 4.79 Å². The first kappa shape index (κ1) is 12.6. The SMILES string of the molecule is CCCC(C)(C)Nc1ccccc1C(=O)O. The summed E-state index contributed by atoms with van der Waals surface area (Å²) in [5.74, 6) is -0.893. The molecule has 0 atom stereocenters. The third-order valence-electron chi connectivity index (χ3n) is 2.51. The molecule has 0 radical (unpaired) electrons. The highest BCUT2D eigenvalue weighted by molar-refractivity contribution is 5.94. The Balaban J connectivity index is 2.92. The third kappa shape index (κ3) is 3.26. The van der Waals surface area contributed by atoms with Crippen LogP contribution < -0.4 is 5.32 Å². The van der Waals surface area contributed by atoms with Crippen LogP contribution >= 0.6 is 0 Å². The normalized spacial score (nSPS) is 11.2. The minimum atomic E-state index is -0.893. The van der Waals surface area contributed by atoms with Gasteiger partial charge in [-0.3, -0.25) is 0 Å². The molecule has 0 fully saturated rings. The Labute approximate surface area is 96.5 Å². The number of rotatable bonds is 5. The summed E-state index contributed by atoms with van der Waals surface area (Å²) in [6, 6.07) is 7.01. The number of hydrogen-bond acceptors (Lipinski definition) is 2. The van der Waals surface area contributed by atoms with Crippen LogP contribution in [0.1, 0.15) is 44.0 Å². The summed E-state index contributed by atoms with van der Waals surface area (Å²) in [4.78, 5) is 11.0. The van der Waals surface area contributed by atoms with Crippen LogP contribution in [-0.4, -0.2) is 16.6 Å². The molecule has 1 aromatic carbocycles. The van der Waals surface area contributed by atoms with Crippen LogP contribution in [-0.2, 0) is 0 Å². The lowest BCUT2D eigenvalue weighted by atomic mass is 9.98. The van der Waals surface area contributed by atoms with Gasteiger partial charge >= 0.3 is 5.97 Å². The van der Waals surface area contributed by atoms with E-state index in [4.69, 9.17) is 5.11 Å². The molecule has 0 amide bonds. The van der Waals surface area contributed by atoms with E-state index in [1.165, 1.54) is 0 Å². The van der Waals surface area contributed by atoms with Crippen LogP contribution in [0.5, 0.6) is 0 Å². The standard InChI is InChI=1S/C13H19NO2/c1-4-9-13(2,3)14-11-8-6-5-7-10(11)12(15)16/h5-8,14H,4,9H2,1-3H3,(H,15,16). The number of carbonyl (C=O) groups is 1. The van der Waals surface area contributed by atoms with Crippen molar-refractivity contribution < 1.29 is 9.90 Å². The molecule has 0 saturated carbocycles. The molecule has 0 heterocycles. The van der Waals surface area contributed by atoms with Crippen LogP contribution in [0.25, 0.3) is 0 Å². The van der Waals surface area contributed by atoms with Gasteiger partial charge in [-0.1, -0.05) is 25.5 Å². The van der Waals surface area contributed by atoms with Crippen molar-refractivity contribution in [3.8, 4) is 0 Å². The quantitative estimate of drug-likeness (QED) is 0.801. The number of anilines is 1. The zero-order valence-electron chi connectivity index (χ0n) is 10.1. The smallest absolute Gasteiger partial charge is 0.337 e. The molecule has 3 heteroatoms. The van der Waals surface area contributed by atoms with Crippen molar-refractivity contribution in [2.45, 2.75) is 39.2 Å². The molecule has 0 aliphatic carbocycles. The zero-order chi connectivity index (χ0) is 12.2. The minimum Gasteiger partial charge on any atom is -0.478 e. The summed E-state index contributed by atoms with van der Waals surface area (Å²) >= 11 is 0. The first-order valence-electron chi connectivity index (χ1n) is 5.57. The van der Waals surface area contributed by atoms with Crippen LogP contribution in [0.4, 0.5) is 5.69 Å². The second-order valence-electron chi connectivity index (χ2n) is 4.61. The zero-order valence-corrected chi connectivity index (χ0v) is 10.1. The number of hydrogen-bond donors (Lipinski definition) is 2. The minimum absolute atomic E-state index is 0.0830. The molecule has 0 bridgehead atoms. The first-order valence-corrected chi connectivity index (χ1v) is 5.57. The van der Waals surface area contributed by atoms with Gasteiger partial charge in [-0.05, 0) is 32.4 Å². The Morgan fingerprint density at radius 3 is 2.56 bits per heavy atom. The molecule has 0 spiro atoms. The van der Waals surface area contributed by atoms with Gasteiger partial charge in [-0.2, -0.15) is 0 Å². The molecular weight excluding hydrogens is 202 g/mol. The predicted molar refractivity (Wildman–Crippen MR) is 66.0 cm³/mol. The van der Waals surface area contributed by atoms with Gasteiger partial charge in [-0.15, -0.1) is 0 Å². The fraction of sp³-hybridized carbons (Fsp3) is 0.462. The summed E-state index contributed by atoms with van der Waals surface area (Å²) in [5.41, 5.74) is 0.931. The van der Waals surface area contributed by atoms with Crippen molar-refractivity contribution in [1.82, 2.24) is 0 Å². The summed E-state index contributed by atoms with van der Waals surface area (Å²) in [7, 11) is 0. The molecule has 0 saturated heterocycles. The fourth-order valence-corrected chi connectivity index (χ4v) is 1.83. The van der Waals surface area contributed by atoms with Gasteiger partial charge in [0.15, 0.2) is 0 Å². The van der Waals surface area contributed by atoms with Crippen molar-refractivity contribution in [3.05, 3.63) is 29.8 Å². The van der Waals surface area contributed by atoms with Gasteiger partial charge < -0.3 is 10.4 Å². The molecule has 1 aromatic rings. The molecule has 0 aliphatic rings. The highest BCUT2D eigenvalue weighted by Gasteiger charge is 2.18. The van der Waals surface area contributed by atoms with Gasteiger partial charge in [0.2, 0.25) is 0 Å². The number of nitrogens with one attached hydrogen (secondary N) is 1. The molecule has 0 unspecified atom stereocenters. The molecule has 0 aromatic heterocycles. The maximum absolute atomic E-state index is 11.0. The van der Waals surface area contributed by atoms with E-state index in [2.05, 4.69) is 26.1 Å². The number of aromatic carboxylic acids is 1. The van der Waals surface area contributed by atoms with Gasteiger partial charge in [0.25, 0.3) is 0 Å². The molecule has 0 aliphatic heterocycles. The summed E-state index contributed by atoms with van der Waals surface area (Å²) in [5, 5.41) is 12.3. The molecule has 1 rings (SSSR count). The van der Waals surface area contributed by atoms with E-state index in [0.717, 1.165) is 12.8 Å². The van der Waals surface area contributed by atoms with Crippen molar-refractivity contribution >= 4 is 11.7 Å². The fourth-order valence-electron chi connectivity index (χ4n) is 1.83. The lowest BCUT2D eigenvalue weighted by molar-refractivity contribution is 0.0698. The molecule has 88 valence electrons. The van der Waals surface area contributed by atoms with E-state index >= 15 is 0 Å². The van der Waals surface area contributed by atoms with E-state index in [-0.39, 0.29) is 5.54 Å². The maximum atomic E-state index is 11.0. The second-order valence-corrected chi connectivity index (χ2v) is 4.61. The Bertz CT molecular complexity index is 372. The summed E-state index contributed by atoms with van der Waals surface area (Å²) in [6.45, 7) is 6.27. The van der Waals surface area contributed by atoms with Crippen molar-refractivity contribution in [1.29, 1.82) is 0 Å². The highest BCUT2D eigenvalue weighted by atomic mass is 16.4. The van der Waals surface area contributed by atoms with E-state index in [1.807, 2.05) is 6.07 Å². The molecule has 3 nitrogen and oxygen atoms in total. The van der Waals surface area contributed by atoms with Crippen molar-refractivity contribution in [2.24, 2.45) is 0 Å². The van der Waals surface area contributed by atoms with Crippen LogP contribution in [0, 0.1) is 0 Å². The second kappa shape index (κ2) is 5.01. The van der Waals surface area contributed by atoms with E-state index in [1.54, 1.807) is 18.2 Å². The van der Waals surface area contributed by atoms with E-state index in [0.29, 0.717) is 11.3 Å². The summed E-state index contributed by atoms with van der Waals surface area (Å²) in [6.07, 6.45) is 2.07. The molecule has 2 N–H and O–H groups in total. The third-order valence-corrected chi connectivity index (χ3v) is 2.51. The highest BCUT2D eigenvalue weighted by Crippen LogP contribution is 2.22. The van der Waals surface area contributed by atoms with Crippen molar-refractivity contribution in [3.63, 3.8) is 0 Å². The summed E-state index contributed by atoms with van der Waals surface area (Å²) < 4.78 is 0. The Hall–Kier alpha value is -1.51. The number of carboxylic acids is 1. The lowest BCUT2D eigenvalue weighted by Gasteiger charge is -2.27. The van der Waals surface area contributed by atoms with Crippen LogP contribution in [0.3, 0.4) is 0 Å². The van der Waals surface area contributed by atoms with E-state index < -0.39 is 5.97 Å². The lowest BCUT2D eigenvalue weighted by Crippen LogP contribution is -2.31. The van der Waals surface area contributed by atoms with Gasteiger partial charge in [0.1, 0.15) is 0 Å². The average molecular weight is 221 g/mol. The number of benzene rings is 1. The Kier molecular flexibility index (Phi) is 3.93. The van der Waals surface area contributed by atoms with Gasteiger partial charge in [0, 0.05) is 11.2 Å². The van der Waals surface area contributed by atoms with Crippen molar-refractivity contribution in [2.75, 3.05) is 5.32 Å². The predicted octanol–water partition coefficient (Wildman–Crippen LogP) is 3.38. The number of carboxylic acid groups (broad SMARTS) is 1. The van der Waals surface area contributed by atoms with Gasteiger partial charge in [-0.25, -0.2) is 4.79 Å². The van der Waals surface area contributed by atoms with Crippen LogP contribution in [0.2, 0.25) is 0 Å². The monoisotopic (exact) mass is 221 g/mol. The molecular formula is C13H19NO2. The number of para-hydroxylation sites is 1. The first-order chi connectivity index (χ1) is 7.46. The molecule has 16 heavy (non-hydrogen) atoms. The van der Waals surface area contributed by atoms with Crippen LogP contribution in [0.15, 0.2) is 24.3 Å². The largest absolute Gasteiger partial charge is 0.478 e. The Morgan fingerprint density at radius 2 is 2.00 bits per heavy atom. The maximum Gasteiger partial charge on any atom is 0.337 e.